The third-order valence-corrected chi connectivity index (χ3v) is 13.6. The van der Waals surface area contributed by atoms with Gasteiger partial charge < -0.3 is 8.98 Å². The molecule has 0 saturated heterocycles. The molecular formula is C53H31NOS. The molecule has 0 unspecified atom stereocenters. The van der Waals surface area contributed by atoms with Gasteiger partial charge in [-0.15, -0.1) is 0 Å². The van der Waals surface area contributed by atoms with Crippen LogP contribution in [0.3, 0.4) is 0 Å². The Kier molecular flexibility index (Phi) is 6.06. The van der Waals surface area contributed by atoms with Gasteiger partial charge in [-0.2, -0.15) is 0 Å². The van der Waals surface area contributed by atoms with E-state index in [1.54, 1.807) is 0 Å². The largest absolute Gasteiger partial charge is 0.456 e. The van der Waals surface area contributed by atoms with Gasteiger partial charge in [-0.05, 0) is 104 Å². The summed E-state index contributed by atoms with van der Waals surface area (Å²) < 4.78 is 8.73. The summed E-state index contributed by atoms with van der Waals surface area (Å²) in [5.74, 6) is 0. The van der Waals surface area contributed by atoms with E-state index in [1.165, 1.54) is 92.6 Å². The molecule has 2 nitrogen and oxygen atoms in total. The summed E-state index contributed by atoms with van der Waals surface area (Å²) in [6.45, 7) is 0. The molecule has 0 amide bonds. The molecule has 0 bridgehead atoms. The minimum atomic E-state index is -0.443. The Morgan fingerprint density at radius 1 is 0.375 bits per heavy atom. The fourth-order valence-electron chi connectivity index (χ4n) is 10.2. The van der Waals surface area contributed by atoms with E-state index in [1.807, 2.05) is 23.9 Å². The summed E-state index contributed by atoms with van der Waals surface area (Å²) in [4.78, 5) is 2.63. The molecule has 11 aromatic rings. The van der Waals surface area contributed by atoms with Crippen molar-refractivity contribution >= 4 is 66.3 Å². The van der Waals surface area contributed by atoms with Crippen molar-refractivity contribution in [2.75, 3.05) is 0 Å². The number of para-hydroxylation sites is 2. The van der Waals surface area contributed by atoms with Crippen LogP contribution in [-0.2, 0) is 5.41 Å². The van der Waals surface area contributed by atoms with Crippen LogP contribution in [0.25, 0.3) is 82.5 Å². The Morgan fingerprint density at radius 3 is 1.88 bits per heavy atom. The SMILES string of the molecule is c1ccc2c(c1)Sc1ccccc1C21c2ccccc2-c2cc3c4ccccc4n(-c4cccc5c(-c6ccc7oc8ccccc8c7c6)cccc45)c3cc21. The first-order valence-electron chi connectivity index (χ1n) is 19.3. The van der Waals surface area contributed by atoms with E-state index in [0.717, 1.165) is 21.9 Å². The molecular weight excluding hydrogens is 699 g/mol. The number of hydrogen-bond donors (Lipinski definition) is 0. The summed E-state index contributed by atoms with van der Waals surface area (Å²) in [7, 11) is 0. The predicted molar refractivity (Wildman–Crippen MR) is 232 cm³/mol. The van der Waals surface area contributed by atoms with E-state index in [9.17, 15) is 0 Å². The van der Waals surface area contributed by atoms with Crippen LogP contribution in [0, 0.1) is 0 Å². The first-order valence-corrected chi connectivity index (χ1v) is 20.1. The van der Waals surface area contributed by atoms with Gasteiger partial charge in [0.05, 0.1) is 22.1 Å². The topological polar surface area (TPSA) is 18.1 Å². The number of nitrogens with zero attached hydrogens (tertiary/aromatic N) is 1. The van der Waals surface area contributed by atoms with E-state index >= 15 is 0 Å². The van der Waals surface area contributed by atoms with Gasteiger partial charge in [0.15, 0.2) is 0 Å². The highest BCUT2D eigenvalue weighted by Crippen LogP contribution is 2.62. The van der Waals surface area contributed by atoms with Crippen LogP contribution in [-0.4, -0.2) is 4.57 Å². The molecule has 0 fully saturated rings. The van der Waals surface area contributed by atoms with Gasteiger partial charge >= 0.3 is 0 Å². The zero-order chi connectivity index (χ0) is 36.5. The Hall–Kier alpha value is -6.81. The zero-order valence-electron chi connectivity index (χ0n) is 30.2. The summed E-state index contributed by atoms with van der Waals surface area (Å²) in [6.07, 6.45) is 0. The molecule has 0 atom stereocenters. The fourth-order valence-corrected chi connectivity index (χ4v) is 11.4. The van der Waals surface area contributed by atoms with Crippen LogP contribution in [0.1, 0.15) is 22.3 Å². The maximum Gasteiger partial charge on any atom is 0.135 e. The highest BCUT2D eigenvalue weighted by Gasteiger charge is 2.50. The number of benzene rings is 9. The number of hydrogen-bond acceptors (Lipinski definition) is 2. The minimum absolute atomic E-state index is 0.443. The summed E-state index contributed by atoms with van der Waals surface area (Å²) in [6, 6.07) is 69.7. The Balaban J connectivity index is 1.11. The van der Waals surface area contributed by atoms with Crippen molar-refractivity contribution < 1.29 is 4.42 Å². The lowest BCUT2D eigenvalue weighted by Gasteiger charge is -2.39. The highest BCUT2D eigenvalue weighted by atomic mass is 32.2. The van der Waals surface area contributed by atoms with Gasteiger partial charge in [0.2, 0.25) is 0 Å². The number of aromatic nitrogens is 1. The Morgan fingerprint density at radius 2 is 1.02 bits per heavy atom. The second-order valence-electron chi connectivity index (χ2n) is 15.1. The van der Waals surface area contributed by atoms with Crippen molar-refractivity contribution in [2.24, 2.45) is 0 Å². The number of fused-ring (bicyclic) bond motifs is 16. The first-order chi connectivity index (χ1) is 27.8. The molecule has 0 radical (unpaired) electrons. The fraction of sp³-hybridized carbons (Fsp3) is 0.0189. The molecule has 56 heavy (non-hydrogen) atoms. The molecule has 3 heterocycles. The smallest absolute Gasteiger partial charge is 0.135 e. The number of rotatable bonds is 2. The van der Waals surface area contributed by atoms with Crippen LogP contribution < -0.4 is 0 Å². The van der Waals surface area contributed by atoms with Crippen LogP contribution in [0.5, 0.6) is 0 Å². The lowest BCUT2D eigenvalue weighted by atomic mass is 9.67. The molecule has 2 aliphatic rings. The molecule has 0 saturated carbocycles. The second-order valence-corrected chi connectivity index (χ2v) is 16.2. The van der Waals surface area contributed by atoms with E-state index in [4.69, 9.17) is 4.42 Å². The van der Waals surface area contributed by atoms with Crippen molar-refractivity contribution in [1.82, 2.24) is 4.57 Å². The van der Waals surface area contributed by atoms with Crippen molar-refractivity contribution in [3.8, 4) is 27.9 Å². The van der Waals surface area contributed by atoms with Crippen LogP contribution in [0.15, 0.2) is 202 Å². The molecule has 1 aliphatic heterocycles. The maximum atomic E-state index is 6.21. The molecule has 2 aromatic heterocycles. The number of furan rings is 1. The maximum absolute atomic E-state index is 6.21. The van der Waals surface area contributed by atoms with E-state index in [2.05, 4.69) is 180 Å². The Labute approximate surface area is 327 Å². The lowest BCUT2D eigenvalue weighted by Crippen LogP contribution is -2.31. The van der Waals surface area contributed by atoms with Gasteiger partial charge in [0, 0.05) is 36.7 Å². The third-order valence-electron chi connectivity index (χ3n) is 12.5. The molecule has 0 N–H and O–H groups in total. The van der Waals surface area contributed by atoms with Gasteiger partial charge in [-0.25, -0.2) is 0 Å². The minimum Gasteiger partial charge on any atom is -0.456 e. The van der Waals surface area contributed by atoms with E-state index in [-0.39, 0.29) is 0 Å². The van der Waals surface area contributed by atoms with E-state index < -0.39 is 5.41 Å². The molecule has 1 aliphatic carbocycles. The van der Waals surface area contributed by atoms with Crippen molar-refractivity contribution in [1.29, 1.82) is 0 Å². The highest BCUT2D eigenvalue weighted by molar-refractivity contribution is 7.99. The summed E-state index contributed by atoms with van der Waals surface area (Å²) in [5, 5.41) is 7.25. The molecule has 260 valence electrons. The lowest BCUT2D eigenvalue weighted by molar-refractivity contribution is 0.669. The third kappa shape index (κ3) is 3.87. The van der Waals surface area contributed by atoms with Gasteiger partial charge in [0.25, 0.3) is 0 Å². The first kappa shape index (κ1) is 30.5. The van der Waals surface area contributed by atoms with Gasteiger partial charge in [-0.3, -0.25) is 0 Å². The van der Waals surface area contributed by atoms with Crippen molar-refractivity contribution in [2.45, 2.75) is 15.2 Å². The van der Waals surface area contributed by atoms with Crippen LogP contribution in [0.4, 0.5) is 0 Å². The van der Waals surface area contributed by atoms with Crippen molar-refractivity contribution in [3.63, 3.8) is 0 Å². The monoisotopic (exact) mass is 729 g/mol. The molecule has 1 spiro atoms. The van der Waals surface area contributed by atoms with Crippen LogP contribution >= 0.6 is 11.8 Å². The predicted octanol–water partition coefficient (Wildman–Crippen LogP) is 14.3. The van der Waals surface area contributed by atoms with Gasteiger partial charge in [-0.1, -0.05) is 145 Å². The molecule has 13 rings (SSSR count). The average Bonchev–Trinajstić information content (AvgIpc) is 3.89. The average molecular weight is 730 g/mol. The second kappa shape index (κ2) is 11.1. The zero-order valence-corrected chi connectivity index (χ0v) is 31.0. The van der Waals surface area contributed by atoms with Crippen molar-refractivity contribution in [3.05, 3.63) is 210 Å². The summed E-state index contributed by atoms with van der Waals surface area (Å²) >= 11 is 1.89. The molecule has 3 heteroatoms. The summed E-state index contributed by atoms with van der Waals surface area (Å²) in [5.41, 5.74) is 15.4. The quantitative estimate of drug-likeness (QED) is 0.176. The standard InChI is InChI=1S/C53H31NOS/c1-4-19-42-35(13-1)39-30-40-37-14-2-7-22-46(37)54(48(40)31-45(39)53(42)43-20-5-9-25-51(43)56-52-26-10-6-21-44(52)53)47-23-12-17-34-33(16-11-18-36(34)47)32-27-28-50-41(29-32)38-15-3-8-24-49(38)55-50/h1-31H. The van der Waals surface area contributed by atoms with Gasteiger partial charge in [0.1, 0.15) is 11.2 Å². The Bertz CT molecular complexity index is 3430. The molecule has 9 aromatic carbocycles. The van der Waals surface area contributed by atoms with Crippen LogP contribution in [0.2, 0.25) is 0 Å². The van der Waals surface area contributed by atoms with E-state index in [0.29, 0.717) is 0 Å². The normalized spacial score (nSPS) is 13.8.